The number of esters is 1. The Bertz CT molecular complexity index is 973. The minimum absolute atomic E-state index is 0.0674. The first-order chi connectivity index (χ1) is 12.9. The van der Waals surface area contributed by atoms with Crippen molar-refractivity contribution in [2.24, 2.45) is 5.41 Å². The van der Waals surface area contributed by atoms with Crippen molar-refractivity contribution in [3.63, 3.8) is 0 Å². The second-order valence-corrected chi connectivity index (χ2v) is 7.40. The number of aromatic nitrogens is 1. The fourth-order valence-electron chi connectivity index (χ4n) is 4.76. The standard InChI is InChI=1S/C17H15BN2O7/c1-25-13-11-14(22)20-8-4-17(8)3-2-9(17)26-10(20)6-19(11)5-7(12(13)21)15(23)27-16(18)24/h5,8-10H,2-4,6H2,1H3/t8-,9-,10?,17?/m1/s1. The molecular weight excluding hydrogens is 355 g/mol. The molecule has 1 saturated heterocycles. The van der Waals surface area contributed by atoms with E-state index in [0.29, 0.717) is 0 Å². The summed E-state index contributed by atoms with van der Waals surface area (Å²) in [7, 11) is 6.09. The zero-order valence-corrected chi connectivity index (χ0v) is 14.5. The molecule has 1 aromatic rings. The van der Waals surface area contributed by atoms with Gasteiger partial charge in [0.15, 0.2) is 17.7 Å². The normalized spacial score (nSPS) is 32.3. The molecule has 0 N–H and O–H groups in total. The molecule has 1 spiro atoms. The lowest BCUT2D eigenvalue weighted by molar-refractivity contribution is -0.196. The van der Waals surface area contributed by atoms with E-state index in [9.17, 15) is 19.2 Å². The lowest BCUT2D eigenvalue weighted by Gasteiger charge is -2.51. The van der Waals surface area contributed by atoms with Crippen LogP contribution in [0.2, 0.25) is 0 Å². The van der Waals surface area contributed by atoms with E-state index >= 15 is 0 Å². The van der Waals surface area contributed by atoms with Crippen molar-refractivity contribution in [3.05, 3.63) is 27.7 Å². The highest BCUT2D eigenvalue weighted by Crippen LogP contribution is 2.67. The van der Waals surface area contributed by atoms with Gasteiger partial charge in [-0.05, 0) is 19.3 Å². The van der Waals surface area contributed by atoms with Crippen molar-refractivity contribution in [1.29, 1.82) is 0 Å². The summed E-state index contributed by atoms with van der Waals surface area (Å²) in [6, 6.07) is 0.121. The molecule has 3 fully saturated rings. The third kappa shape index (κ3) is 2.04. The highest BCUT2D eigenvalue weighted by atomic mass is 16.6. The highest BCUT2D eigenvalue weighted by molar-refractivity contribution is 6.56. The van der Waals surface area contributed by atoms with Crippen molar-refractivity contribution in [2.75, 3.05) is 7.11 Å². The van der Waals surface area contributed by atoms with Gasteiger partial charge >= 0.3 is 5.97 Å². The number of carbonyl (C=O) groups is 3. The summed E-state index contributed by atoms with van der Waals surface area (Å²) in [5.41, 5.74) is -1.12. The van der Waals surface area contributed by atoms with E-state index < -0.39 is 29.1 Å². The van der Waals surface area contributed by atoms with Crippen molar-refractivity contribution in [2.45, 2.75) is 44.2 Å². The summed E-state index contributed by atoms with van der Waals surface area (Å²) in [5.74, 6) is -3.14. The van der Waals surface area contributed by atoms with E-state index in [2.05, 4.69) is 4.74 Å². The summed E-state index contributed by atoms with van der Waals surface area (Å²) in [5, 5.41) is 0. The molecule has 10 heteroatoms. The third-order valence-corrected chi connectivity index (χ3v) is 6.20. The maximum absolute atomic E-state index is 13.2. The molecule has 9 nitrogen and oxygen atoms in total. The lowest BCUT2D eigenvalue weighted by atomic mass is 9.76. The van der Waals surface area contributed by atoms with Crippen LogP contribution in [0.15, 0.2) is 11.0 Å². The van der Waals surface area contributed by atoms with E-state index in [0.717, 1.165) is 19.3 Å². The summed E-state index contributed by atoms with van der Waals surface area (Å²) in [6.07, 6.45) is 3.81. The maximum Gasteiger partial charge on any atom is 0.350 e. The number of carbonyl (C=O) groups excluding carboxylic acids is 3. The Morgan fingerprint density at radius 2 is 2.15 bits per heavy atom. The highest BCUT2D eigenvalue weighted by Gasteiger charge is 2.72. The van der Waals surface area contributed by atoms with Crippen molar-refractivity contribution >= 4 is 25.6 Å². The van der Waals surface area contributed by atoms with E-state index in [1.807, 2.05) is 0 Å². The molecular formula is C17H15BN2O7. The number of nitrogens with zero attached hydrogens (tertiary/aromatic N) is 2. The quantitative estimate of drug-likeness (QED) is 0.411. The fraction of sp³-hybridized carbons (Fsp3) is 0.529. The number of ether oxygens (including phenoxy) is 3. The van der Waals surface area contributed by atoms with Gasteiger partial charge in [0.05, 0.1) is 19.8 Å². The fourth-order valence-corrected chi connectivity index (χ4v) is 4.76. The first-order valence-electron chi connectivity index (χ1n) is 8.68. The van der Waals surface area contributed by atoms with Crippen molar-refractivity contribution < 1.29 is 28.6 Å². The number of rotatable bonds is 2. The van der Waals surface area contributed by atoms with E-state index in [-0.39, 0.29) is 41.5 Å². The summed E-state index contributed by atoms with van der Waals surface area (Å²) in [6.45, 7) is 0.248. The van der Waals surface area contributed by atoms with Gasteiger partial charge < -0.3 is 23.7 Å². The number of hydrogen-bond donors (Lipinski definition) is 0. The molecule has 1 aromatic heterocycles. The number of hydrogen-bond acceptors (Lipinski definition) is 7. The third-order valence-electron chi connectivity index (χ3n) is 6.20. The Labute approximate surface area is 154 Å². The summed E-state index contributed by atoms with van der Waals surface area (Å²) >= 11 is 0. The van der Waals surface area contributed by atoms with Crippen LogP contribution in [0.4, 0.5) is 4.79 Å². The monoisotopic (exact) mass is 370 g/mol. The molecule has 4 atom stereocenters. The van der Waals surface area contributed by atoms with Gasteiger partial charge in [-0.3, -0.25) is 14.4 Å². The van der Waals surface area contributed by atoms with Crippen LogP contribution < -0.4 is 10.2 Å². The maximum atomic E-state index is 13.2. The first-order valence-corrected chi connectivity index (χ1v) is 8.68. The van der Waals surface area contributed by atoms with E-state index in [1.165, 1.54) is 17.9 Å². The average Bonchev–Trinajstić information content (AvgIpc) is 3.36. The zero-order valence-electron chi connectivity index (χ0n) is 14.5. The van der Waals surface area contributed by atoms with Crippen LogP contribution >= 0.6 is 0 Å². The van der Waals surface area contributed by atoms with Crippen LogP contribution in [0.5, 0.6) is 5.75 Å². The largest absolute Gasteiger partial charge is 0.491 e. The molecule has 2 radical (unpaired) electrons. The Hall–Kier alpha value is -2.62. The first kappa shape index (κ1) is 16.6. The summed E-state index contributed by atoms with van der Waals surface area (Å²) in [4.78, 5) is 50.4. The minimum Gasteiger partial charge on any atom is -0.491 e. The molecule has 1 amide bonds. The molecule has 3 heterocycles. The Morgan fingerprint density at radius 1 is 1.37 bits per heavy atom. The van der Waals surface area contributed by atoms with Crippen molar-refractivity contribution in [3.8, 4) is 5.75 Å². The number of amides is 1. The van der Waals surface area contributed by atoms with Crippen LogP contribution in [0.3, 0.4) is 0 Å². The second kappa shape index (κ2) is 5.22. The van der Waals surface area contributed by atoms with Crippen LogP contribution in [-0.4, -0.2) is 60.5 Å². The average molecular weight is 370 g/mol. The van der Waals surface area contributed by atoms with Crippen LogP contribution in [0.25, 0.3) is 0 Å². The van der Waals surface area contributed by atoms with Gasteiger partial charge in [-0.1, -0.05) is 0 Å². The number of fused-ring (bicyclic) bond motifs is 3. The van der Waals surface area contributed by atoms with Crippen molar-refractivity contribution in [1.82, 2.24) is 9.47 Å². The topological polar surface area (TPSA) is 104 Å². The predicted octanol–water partition coefficient (Wildman–Crippen LogP) is 0.0354. The Morgan fingerprint density at radius 3 is 2.78 bits per heavy atom. The molecule has 5 rings (SSSR count). The van der Waals surface area contributed by atoms with Gasteiger partial charge in [0.1, 0.15) is 5.56 Å². The predicted molar refractivity (Wildman–Crippen MR) is 88.7 cm³/mol. The van der Waals surface area contributed by atoms with Gasteiger partial charge in [-0.15, -0.1) is 0 Å². The molecule has 0 bridgehead atoms. The lowest BCUT2D eigenvalue weighted by Crippen LogP contribution is -2.61. The molecule has 138 valence electrons. The van der Waals surface area contributed by atoms with Gasteiger partial charge in [-0.2, -0.15) is 0 Å². The zero-order chi connectivity index (χ0) is 19.1. The molecule has 2 saturated carbocycles. The molecule has 27 heavy (non-hydrogen) atoms. The Balaban J connectivity index is 1.60. The second-order valence-electron chi connectivity index (χ2n) is 7.40. The molecule has 2 aliphatic heterocycles. The Kier molecular flexibility index (Phi) is 3.20. The van der Waals surface area contributed by atoms with Gasteiger partial charge in [-0.25, -0.2) is 4.79 Å². The van der Waals surface area contributed by atoms with Crippen LogP contribution in [-0.2, 0) is 16.0 Å². The smallest absolute Gasteiger partial charge is 0.350 e. The van der Waals surface area contributed by atoms with Gasteiger partial charge in [0.25, 0.3) is 5.91 Å². The van der Waals surface area contributed by atoms with Gasteiger partial charge in [0.2, 0.25) is 19.1 Å². The summed E-state index contributed by atoms with van der Waals surface area (Å²) < 4.78 is 17.0. The van der Waals surface area contributed by atoms with E-state index in [1.54, 1.807) is 4.90 Å². The van der Waals surface area contributed by atoms with E-state index in [4.69, 9.17) is 17.3 Å². The number of methoxy groups -OCH3 is 1. The molecule has 0 aromatic carbocycles. The van der Waals surface area contributed by atoms with Crippen LogP contribution in [0.1, 0.15) is 40.1 Å². The minimum atomic E-state index is -1.32. The molecule has 2 aliphatic carbocycles. The molecule has 2 unspecified atom stereocenters. The SMILES string of the molecule is [B]C(=O)OC(=O)c1cn2c(c(OC)c1=O)C(=O)N1C(C2)O[C@@H]2CCC23C[C@@H]13. The number of pyridine rings is 1. The van der Waals surface area contributed by atoms with Gasteiger partial charge in [0, 0.05) is 17.7 Å². The van der Waals surface area contributed by atoms with Crippen LogP contribution in [0, 0.1) is 5.41 Å². The molecule has 4 aliphatic rings.